The number of hydrogen-bond acceptors (Lipinski definition) is 3. The van der Waals surface area contributed by atoms with E-state index in [4.69, 9.17) is 0 Å². The number of carbonyl (C=O) groups is 2. The van der Waals surface area contributed by atoms with Crippen molar-refractivity contribution >= 4 is 22.9 Å². The first-order chi connectivity index (χ1) is 12.6. The van der Waals surface area contributed by atoms with Crippen LogP contribution in [0.1, 0.15) is 30.1 Å². The fourth-order valence-electron chi connectivity index (χ4n) is 3.21. The lowest BCUT2D eigenvalue weighted by molar-refractivity contribution is -0.141. The van der Waals surface area contributed by atoms with Crippen LogP contribution >= 0.6 is 0 Å². The van der Waals surface area contributed by atoms with Gasteiger partial charge in [0, 0.05) is 17.3 Å². The second-order valence-electron chi connectivity index (χ2n) is 6.61. The molecule has 0 saturated heterocycles. The first kappa shape index (κ1) is 16.3. The maximum atomic E-state index is 12.8. The van der Waals surface area contributed by atoms with Crippen molar-refractivity contribution in [2.75, 3.05) is 0 Å². The molecule has 1 unspecified atom stereocenters. The van der Waals surface area contributed by atoms with Crippen LogP contribution in [0.3, 0.4) is 0 Å². The molecule has 4 rings (SSSR count). The number of nitrogens with zero attached hydrogens (tertiary/aromatic N) is 3. The van der Waals surface area contributed by atoms with Gasteiger partial charge in [-0.05, 0) is 56.2 Å². The van der Waals surface area contributed by atoms with E-state index in [1.165, 1.54) is 4.90 Å². The second kappa shape index (κ2) is 6.29. The maximum absolute atomic E-state index is 12.8. The van der Waals surface area contributed by atoms with Crippen molar-refractivity contribution in [1.82, 2.24) is 14.5 Å². The third-order valence-corrected chi connectivity index (χ3v) is 4.80. The fraction of sp³-hybridized carbons (Fsp3) is 0.250. The highest BCUT2D eigenvalue weighted by molar-refractivity contribution is 5.97. The van der Waals surface area contributed by atoms with Crippen molar-refractivity contribution in [1.29, 1.82) is 0 Å². The van der Waals surface area contributed by atoms with Gasteiger partial charge in [0.05, 0.1) is 11.0 Å². The highest BCUT2D eigenvalue weighted by Crippen LogP contribution is 2.30. The van der Waals surface area contributed by atoms with E-state index >= 15 is 0 Å². The molecule has 0 spiro atoms. The number of carboxylic acids is 1. The maximum Gasteiger partial charge on any atom is 0.326 e. The molecule has 2 aromatic carbocycles. The van der Waals surface area contributed by atoms with Gasteiger partial charge in [-0.25, -0.2) is 9.78 Å². The number of carbonyl (C=O) groups excluding carboxylic acids is 1. The lowest BCUT2D eigenvalue weighted by atomic mass is 10.1. The summed E-state index contributed by atoms with van der Waals surface area (Å²) in [6, 6.07) is 14.3. The normalized spacial score (nSPS) is 15.0. The number of rotatable bonds is 5. The van der Waals surface area contributed by atoms with Gasteiger partial charge in [0.25, 0.3) is 5.91 Å². The molecule has 0 aliphatic heterocycles. The molecule has 1 aliphatic carbocycles. The number of hydrogen-bond donors (Lipinski definition) is 1. The SMILES string of the molecule is CC(C(=O)O)N(C(=O)c1ccc(-n2cnc3ccccc32)cc1)C1CC1. The van der Waals surface area contributed by atoms with Crippen LogP contribution in [0.5, 0.6) is 0 Å². The van der Waals surface area contributed by atoms with Gasteiger partial charge in [-0.3, -0.25) is 9.36 Å². The molecular formula is C20H19N3O3. The summed E-state index contributed by atoms with van der Waals surface area (Å²) >= 11 is 0. The topological polar surface area (TPSA) is 75.4 Å². The van der Waals surface area contributed by atoms with Crippen LogP contribution in [0, 0.1) is 0 Å². The average Bonchev–Trinajstić information content (AvgIpc) is 3.39. The van der Waals surface area contributed by atoms with E-state index in [2.05, 4.69) is 4.98 Å². The van der Waals surface area contributed by atoms with E-state index in [1.54, 1.807) is 25.4 Å². The number of carboxylic acid groups (broad SMARTS) is 1. The molecule has 132 valence electrons. The molecular weight excluding hydrogens is 330 g/mol. The molecule has 0 radical (unpaired) electrons. The highest BCUT2D eigenvalue weighted by Gasteiger charge is 2.38. The third kappa shape index (κ3) is 2.83. The van der Waals surface area contributed by atoms with Gasteiger partial charge in [-0.15, -0.1) is 0 Å². The van der Waals surface area contributed by atoms with Crippen molar-refractivity contribution in [2.45, 2.75) is 31.8 Å². The van der Waals surface area contributed by atoms with Gasteiger partial charge in [0.2, 0.25) is 0 Å². The van der Waals surface area contributed by atoms with Crippen molar-refractivity contribution in [3.8, 4) is 5.69 Å². The Kier molecular flexibility index (Phi) is 3.95. The fourth-order valence-corrected chi connectivity index (χ4v) is 3.21. The predicted octanol–water partition coefficient (Wildman–Crippen LogP) is 3.10. The Labute approximate surface area is 150 Å². The largest absolute Gasteiger partial charge is 0.480 e. The second-order valence-corrected chi connectivity index (χ2v) is 6.61. The summed E-state index contributed by atoms with van der Waals surface area (Å²) < 4.78 is 1.96. The van der Waals surface area contributed by atoms with E-state index in [-0.39, 0.29) is 11.9 Å². The Morgan fingerprint density at radius 2 is 1.85 bits per heavy atom. The zero-order valence-electron chi connectivity index (χ0n) is 14.4. The van der Waals surface area contributed by atoms with Gasteiger partial charge < -0.3 is 10.0 Å². The van der Waals surface area contributed by atoms with Gasteiger partial charge >= 0.3 is 5.97 Å². The van der Waals surface area contributed by atoms with Gasteiger partial charge in [0.1, 0.15) is 12.4 Å². The smallest absolute Gasteiger partial charge is 0.326 e. The number of amides is 1. The average molecular weight is 349 g/mol. The minimum absolute atomic E-state index is 0.0332. The Bertz CT molecular complexity index is 973. The minimum Gasteiger partial charge on any atom is -0.480 e. The zero-order chi connectivity index (χ0) is 18.3. The summed E-state index contributed by atoms with van der Waals surface area (Å²) in [7, 11) is 0. The number of aromatic nitrogens is 2. The summed E-state index contributed by atoms with van der Waals surface area (Å²) in [5.41, 5.74) is 3.30. The van der Waals surface area contributed by atoms with Crippen LogP contribution in [0.15, 0.2) is 54.9 Å². The van der Waals surface area contributed by atoms with E-state index in [1.807, 2.05) is 41.0 Å². The summed E-state index contributed by atoms with van der Waals surface area (Å²) in [5.74, 6) is -1.21. The van der Waals surface area contributed by atoms with Crippen LogP contribution < -0.4 is 0 Å². The summed E-state index contributed by atoms with van der Waals surface area (Å²) in [6.45, 7) is 1.56. The lowest BCUT2D eigenvalue weighted by Crippen LogP contribution is -2.44. The van der Waals surface area contributed by atoms with Crippen molar-refractivity contribution in [2.24, 2.45) is 0 Å². The van der Waals surface area contributed by atoms with Gasteiger partial charge in [-0.1, -0.05) is 12.1 Å². The van der Waals surface area contributed by atoms with Gasteiger partial charge in [0.15, 0.2) is 0 Å². The van der Waals surface area contributed by atoms with E-state index in [0.29, 0.717) is 5.56 Å². The summed E-state index contributed by atoms with van der Waals surface area (Å²) in [5, 5.41) is 9.29. The van der Waals surface area contributed by atoms with E-state index < -0.39 is 12.0 Å². The summed E-state index contributed by atoms with van der Waals surface area (Å²) in [4.78, 5) is 30.0. The number of benzene rings is 2. The zero-order valence-corrected chi connectivity index (χ0v) is 14.4. The summed E-state index contributed by atoms with van der Waals surface area (Å²) in [6.07, 6.45) is 3.48. The Hall–Kier alpha value is -3.15. The monoisotopic (exact) mass is 349 g/mol. The molecule has 6 nitrogen and oxygen atoms in total. The van der Waals surface area contributed by atoms with Crippen molar-refractivity contribution in [3.63, 3.8) is 0 Å². The molecule has 1 fully saturated rings. The van der Waals surface area contributed by atoms with E-state index in [0.717, 1.165) is 29.6 Å². The molecule has 1 amide bonds. The number of fused-ring (bicyclic) bond motifs is 1. The molecule has 1 atom stereocenters. The van der Waals surface area contributed by atoms with Crippen LogP contribution in [0.4, 0.5) is 0 Å². The molecule has 1 N–H and O–H groups in total. The van der Waals surface area contributed by atoms with Crippen molar-refractivity contribution in [3.05, 3.63) is 60.4 Å². The molecule has 1 saturated carbocycles. The molecule has 1 aliphatic rings. The van der Waals surface area contributed by atoms with Crippen molar-refractivity contribution < 1.29 is 14.7 Å². The first-order valence-electron chi connectivity index (χ1n) is 8.64. The highest BCUT2D eigenvalue weighted by atomic mass is 16.4. The molecule has 1 aromatic heterocycles. The van der Waals surface area contributed by atoms with E-state index in [9.17, 15) is 14.7 Å². The molecule has 0 bridgehead atoms. The number of imidazole rings is 1. The first-order valence-corrected chi connectivity index (χ1v) is 8.64. The Morgan fingerprint density at radius 1 is 1.15 bits per heavy atom. The standard InChI is InChI=1S/C20H19N3O3/c1-13(20(25)26)23(16-10-11-16)19(24)14-6-8-15(9-7-14)22-12-21-17-4-2-3-5-18(17)22/h2-9,12-13,16H,10-11H2,1H3,(H,25,26). The third-order valence-electron chi connectivity index (χ3n) is 4.80. The molecule has 6 heteroatoms. The number of para-hydroxylation sites is 2. The molecule has 3 aromatic rings. The lowest BCUT2D eigenvalue weighted by Gasteiger charge is -2.26. The van der Waals surface area contributed by atoms with Crippen LogP contribution in [0.2, 0.25) is 0 Å². The molecule has 26 heavy (non-hydrogen) atoms. The predicted molar refractivity (Wildman–Crippen MR) is 97.4 cm³/mol. The minimum atomic E-state index is -0.980. The van der Waals surface area contributed by atoms with Crippen LogP contribution in [-0.2, 0) is 4.79 Å². The van der Waals surface area contributed by atoms with Crippen LogP contribution in [0.25, 0.3) is 16.7 Å². The Balaban J connectivity index is 1.63. The quantitative estimate of drug-likeness (QED) is 0.768. The van der Waals surface area contributed by atoms with Crippen LogP contribution in [-0.4, -0.2) is 43.5 Å². The van der Waals surface area contributed by atoms with Gasteiger partial charge in [-0.2, -0.15) is 0 Å². The Morgan fingerprint density at radius 3 is 2.50 bits per heavy atom. The number of aliphatic carboxylic acids is 1. The molecule has 1 heterocycles.